The SMILES string of the molecule is Br.C=CCC(CCCCCCCCCCCCCCCCC)N(C)CC=C. The molecule has 0 aliphatic carbocycles. The van der Waals surface area contributed by atoms with Gasteiger partial charge in [-0.25, -0.2) is 0 Å². The van der Waals surface area contributed by atoms with Gasteiger partial charge in [0.05, 0.1) is 0 Å². The molecular formula is C25H50BrN. The highest BCUT2D eigenvalue weighted by Gasteiger charge is 2.11. The number of hydrogen-bond donors (Lipinski definition) is 0. The highest BCUT2D eigenvalue weighted by molar-refractivity contribution is 8.93. The third kappa shape index (κ3) is 20.5. The van der Waals surface area contributed by atoms with Crippen LogP contribution in [0.3, 0.4) is 0 Å². The zero-order chi connectivity index (χ0) is 19.3. The van der Waals surface area contributed by atoms with Crippen LogP contribution in [-0.2, 0) is 0 Å². The summed E-state index contributed by atoms with van der Waals surface area (Å²) >= 11 is 0. The molecule has 1 atom stereocenters. The van der Waals surface area contributed by atoms with Crippen molar-refractivity contribution < 1.29 is 0 Å². The number of likely N-dealkylation sites (N-methyl/N-ethyl adjacent to an activating group) is 1. The summed E-state index contributed by atoms with van der Waals surface area (Å²) in [6.07, 6.45) is 28.0. The van der Waals surface area contributed by atoms with E-state index in [1.165, 1.54) is 103 Å². The summed E-state index contributed by atoms with van der Waals surface area (Å²) in [6, 6.07) is 0.646. The Balaban J connectivity index is 0. The van der Waals surface area contributed by atoms with Crippen LogP contribution in [0.25, 0.3) is 0 Å². The van der Waals surface area contributed by atoms with Crippen molar-refractivity contribution in [3.05, 3.63) is 25.3 Å². The van der Waals surface area contributed by atoms with Crippen molar-refractivity contribution in [2.45, 2.75) is 122 Å². The Hall–Kier alpha value is -0.0800. The van der Waals surface area contributed by atoms with Crippen LogP contribution in [0.15, 0.2) is 25.3 Å². The molecule has 162 valence electrons. The van der Waals surface area contributed by atoms with Gasteiger partial charge in [-0.3, -0.25) is 4.90 Å². The van der Waals surface area contributed by atoms with Crippen LogP contribution in [0.2, 0.25) is 0 Å². The number of unbranched alkanes of at least 4 members (excludes halogenated alkanes) is 14. The Morgan fingerprint density at radius 3 is 1.44 bits per heavy atom. The Bertz CT molecular complexity index is 303. The van der Waals surface area contributed by atoms with Crippen molar-refractivity contribution >= 4 is 17.0 Å². The molecule has 0 amide bonds. The number of rotatable bonds is 21. The zero-order valence-electron chi connectivity index (χ0n) is 18.7. The second-order valence-corrected chi connectivity index (χ2v) is 8.14. The zero-order valence-corrected chi connectivity index (χ0v) is 20.4. The summed E-state index contributed by atoms with van der Waals surface area (Å²) in [5.74, 6) is 0. The second-order valence-electron chi connectivity index (χ2n) is 8.14. The molecule has 0 aliphatic heterocycles. The molecular weight excluding hydrogens is 394 g/mol. The van der Waals surface area contributed by atoms with Crippen LogP contribution >= 0.6 is 17.0 Å². The smallest absolute Gasteiger partial charge is 0.0160 e. The van der Waals surface area contributed by atoms with Crippen LogP contribution < -0.4 is 0 Å². The summed E-state index contributed by atoms with van der Waals surface area (Å²) < 4.78 is 0. The summed E-state index contributed by atoms with van der Waals surface area (Å²) in [6.45, 7) is 11.0. The predicted octanol–water partition coefficient (Wildman–Crippen LogP) is 8.89. The van der Waals surface area contributed by atoms with E-state index < -0.39 is 0 Å². The lowest BCUT2D eigenvalue weighted by Gasteiger charge is -2.26. The van der Waals surface area contributed by atoms with Crippen LogP contribution in [0.1, 0.15) is 116 Å². The van der Waals surface area contributed by atoms with E-state index in [1.807, 2.05) is 6.08 Å². The second kappa shape index (κ2) is 24.0. The summed E-state index contributed by atoms with van der Waals surface area (Å²) in [7, 11) is 2.21. The number of halogens is 1. The summed E-state index contributed by atoms with van der Waals surface area (Å²) in [5, 5.41) is 0. The molecule has 0 radical (unpaired) electrons. The average Bonchev–Trinajstić information content (AvgIpc) is 2.64. The first-order chi connectivity index (χ1) is 12.8. The maximum Gasteiger partial charge on any atom is 0.0160 e. The molecule has 0 aromatic heterocycles. The monoisotopic (exact) mass is 443 g/mol. The lowest BCUT2D eigenvalue weighted by atomic mass is 10.0. The standard InChI is InChI=1S/C25H49N.BrH/c1-5-8-9-10-11-12-13-14-15-16-17-18-19-20-21-23-25(22-6-2)26(4)24-7-3;/h6-7,25H,2-3,5,8-24H2,1,4H3;1H. The van der Waals surface area contributed by atoms with E-state index in [2.05, 4.69) is 38.1 Å². The minimum atomic E-state index is 0. The largest absolute Gasteiger partial charge is 0.299 e. The Kier molecular flexibility index (Phi) is 25.8. The maximum absolute atomic E-state index is 3.91. The maximum atomic E-state index is 3.91. The van der Waals surface area contributed by atoms with E-state index in [-0.39, 0.29) is 17.0 Å². The highest BCUT2D eigenvalue weighted by Crippen LogP contribution is 2.16. The van der Waals surface area contributed by atoms with Crippen molar-refractivity contribution in [1.82, 2.24) is 4.90 Å². The first kappa shape index (κ1) is 29.1. The van der Waals surface area contributed by atoms with Gasteiger partial charge in [0.1, 0.15) is 0 Å². The van der Waals surface area contributed by atoms with Crippen molar-refractivity contribution in [3.8, 4) is 0 Å². The lowest BCUT2D eigenvalue weighted by Crippen LogP contribution is -2.31. The van der Waals surface area contributed by atoms with E-state index in [0.717, 1.165) is 13.0 Å². The molecule has 1 unspecified atom stereocenters. The minimum Gasteiger partial charge on any atom is -0.299 e. The molecule has 27 heavy (non-hydrogen) atoms. The first-order valence-electron chi connectivity index (χ1n) is 11.7. The van der Waals surface area contributed by atoms with Crippen molar-refractivity contribution in [2.75, 3.05) is 13.6 Å². The molecule has 0 N–H and O–H groups in total. The van der Waals surface area contributed by atoms with Crippen molar-refractivity contribution in [1.29, 1.82) is 0 Å². The lowest BCUT2D eigenvalue weighted by molar-refractivity contribution is 0.248. The van der Waals surface area contributed by atoms with E-state index in [9.17, 15) is 0 Å². The Morgan fingerprint density at radius 1 is 0.667 bits per heavy atom. The van der Waals surface area contributed by atoms with Gasteiger partial charge in [-0.15, -0.1) is 30.1 Å². The quantitative estimate of drug-likeness (QED) is 0.126. The van der Waals surface area contributed by atoms with Crippen molar-refractivity contribution in [2.24, 2.45) is 0 Å². The predicted molar refractivity (Wildman–Crippen MR) is 131 cm³/mol. The summed E-state index contributed by atoms with van der Waals surface area (Å²) in [5.41, 5.74) is 0. The average molecular weight is 445 g/mol. The van der Waals surface area contributed by atoms with E-state index in [4.69, 9.17) is 0 Å². The van der Waals surface area contributed by atoms with Crippen LogP contribution in [0.5, 0.6) is 0 Å². The first-order valence-corrected chi connectivity index (χ1v) is 11.7. The molecule has 0 fully saturated rings. The molecule has 1 nitrogen and oxygen atoms in total. The molecule has 0 saturated carbocycles. The molecule has 0 aliphatic rings. The molecule has 2 heteroatoms. The highest BCUT2D eigenvalue weighted by atomic mass is 79.9. The third-order valence-electron chi connectivity index (χ3n) is 5.62. The topological polar surface area (TPSA) is 3.24 Å². The van der Waals surface area contributed by atoms with Gasteiger partial charge >= 0.3 is 0 Å². The van der Waals surface area contributed by atoms with Gasteiger partial charge in [-0.05, 0) is 19.9 Å². The Labute approximate surface area is 182 Å². The molecule has 0 aromatic rings. The van der Waals surface area contributed by atoms with Gasteiger partial charge in [0, 0.05) is 12.6 Å². The van der Waals surface area contributed by atoms with Gasteiger partial charge in [0.15, 0.2) is 0 Å². The van der Waals surface area contributed by atoms with Crippen LogP contribution in [-0.4, -0.2) is 24.5 Å². The molecule has 0 spiro atoms. The van der Waals surface area contributed by atoms with Crippen LogP contribution in [0, 0.1) is 0 Å². The van der Waals surface area contributed by atoms with E-state index >= 15 is 0 Å². The van der Waals surface area contributed by atoms with Gasteiger partial charge in [0.2, 0.25) is 0 Å². The number of nitrogens with zero attached hydrogens (tertiary/aromatic N) is 1. The van der Waals surface area contributed by atoms with Gasteiger partial charge in [-0.2, -0.15) is 0 Å². The molecule has 0 heterocycles. The summed E-state index contributed by atoms with van der Waals surface area (Å²) in [4.78, 5) is 2.42. The minimum absolute atomic E-state index is 0. The van der Waals surface area contributed by atoms with Gasteiger partial charge in [0.25, 0.3) is 0 Å². The van der Waals surface area contributed by atoms with E-state index in [0.29, 0.717) is 6.04 Å². The molecule has 0 rings (SSSR count). The fourth-order valence-corrected chi connectivity index (χ4v) is 3.81. The molecule has 0 bridgehead atoms. The fraction of sp³-hybridized carbons (Fsp3) is 0.840. The van der Waals surface area contributed by atoms with Gasteiger partial charge in [-0.1, -0.05) is 115 Å². The van der Waals surface area contributed by atoms with Crippen molar-refractivity contribution in [3.63, 3.8) is 0 Å². The molecule has 0 aromatic carbocycles. The van der Waals surface area contributed by atoms with Gasteiger partial charge < -0.3 is 0 Å². The molecule has 0 saturated heterocycles. The fourth-order valence-electron chi connectivity index (χ4n) is 3.81. The van der Waals surface area contributed by atoms with E-state index in [1.54, 1.807) is 0 Å². The Morgan fingerprint density at radius 2 is 1.07 bits per heavy atom. The van der Waals surface area contributed by atoms with Crippen LogP contribution in [0.4, 0.5) is 0 Å². The third-order valence-corrected chi connectivity index (χ3v) is 5.62. The normalized spacial score (nSPS) is 12.0. The number of hydrogen-bond acceptors (Lipinski definition) is 1.